The number of aliphatic carboxylic acids is 1. The van der Waals surface area contributed by atoms with E-state index in [0.717, 1.165) is 0 Å². The second kappa shape index (κ2) is 5.63. The molecule has 21 heavy (non-hydrogen) atoms. The Morgan fingerprint density at radius 3 is 2.19 bits per heavy atom. The normalized spacial score (nSPS) is 17.3. The molecular formula is C15H20N2O4. The van der Waals surface area contributed by atoms with Crippen LogP contribution >= 0.6 is 0 Å². The van der Waals surface area contributed by atoms with Crippen molar-refractivity contribution in [3.8, 4) is 5.75 Å². The van der Waals surface area contributed by atoms with E-state index in [9.17, 15) is 19.8 Å². The van der Waals surface area contributed by atoms with Gasteiger partial charge in [-0.05, 0) is 44.0 Å². The summed E-state index contributed by atoms with van der Waals surface area (Å²) in [6.45, 7) is 2.59. The number of phenols is 1. The lowest BCUT2D eigenvalue weighted by Crippen LogP contribution is -2.49. The molecule has 1 aliphatic heterocycles. The Labute approximate surface area is 123 Å². The van der Waals surface area contributed by atoms with Crippen molar-refractivity contribution in [2.75, 3.05) is 25.0 Å². The van der Waals surface area contributed by atoms with Crippen LogP contribution in [0.25, 0.3) is 0 Å². The van der Waals surface area contributed by atoms with Crippen molar-refractivity contribution in [1.82, 2.24) is 4.90 Å². The van der Waals surface area contributed by atoms with E-state index in [1.165, 1.54) is 17.0 Å². The van der Waals surface area contributed by atoms with Crippen LogP contribution in [0, 0.1) is 5.41 Å². The zero-order chi connectivity index (χ0) is 15.6. The second-order valence-electron chi connectivity index (χ2n) is 5.71. The molecule has 114 valence electrons. The summed E-state index contributed by atoms with van der Waals surface area (Å²) in [4.78, 5) is 26.8. The van der Waals surface area contributed by atoms with Crippen molar-refractivity contribution in [2.24, 2.45) is 5.41 Å². The molecule has 0 saturated carbocycles. The molecule has 0 unspecified atom stereocenters. The smallest absolute Gasteiger partial charge is 0.324 e. The van der Waals surface area contributed by atoms with Gasteiger partial charge in [0.15, 0.2) is 0 Å². The molecule has 1 saturated heterocycles. The Kier molecular flexibility index (Phi) is 4.06. The monoisotopic (exact) mass is 292 g/mol. The van der Waals surface area contributed by atoms with Crippen molar-refractivity contribution in [3.63, 3.8) is 0 Å². The lowest BCUT2D eigenvalue weighted by molar-refractivity contribution is -0.150. The van der Waals surface area contributed by atoms with Gasteiger partial charge in [0, 0.05) is 25.8 Å². The van der Waals surface area contributed by atoms with Crippen molar-refractivity contribution in [1.29, 1.82) is 0 Å². The number of carboxylic acid groups (broad SMARTS) is 1. The number of benzene rings is 1. The molecule has 2 amide bonds. The van der Waals surface area contributed by atoms with Crippen molar-refractivity contribution in [2.45, 2.75) is 19.8 Å². The maximum atomic E-state index is 12.4. The van der Waals surface area contributed by atoms with Gasteiger partial charge in [-0.2, -0.15) is 0 Å². The number of hydrogen-bond donors (Lipinski definition) is 2. The fourth-order valence-electron chi connectivity index (χ4n) is 2.40. The summed E-state index contributed by atoms with van der Waals surface area (Å²) in [7, 11) is 1.67. The van der Waals surface area contributed by atoms with Crippen LogP contribution in [0.1, 0.15) is 19.8 Å². The number of amides is 2. The average Bonchev–Trinajstić information content (AvgIpc) is 2.47. The number of anilines is 1. The Morgan fingerprint density at radius 1 is 1.19 bits per heavy atom. The van der Waals surface area contributed by atoms with Crippen LogP contribution in [0.3, 0.4) is 0 Å². The van der Waals surface area contributed by atoms with E-state index in [0.29, 0.717) is 31.6 Å². The lowest BCUT2D eigenvalue weighted by atomic mass is 9.80. The van der Waals surface area contributed by atoms with E-state index in [1.807, 2.05) is 0 Å². The maximum absolute atomic E-state index is 12.4. The Bertz CT molecular complexity index is 533. The first-order valence-electron chi connectivity index (χ1n) is 6.88. The number of phenolic OH excluding ortho intramolecular Hbond substituents is 1. The summed E-state index contributed by atoms with van der Waals surface area (Å²) < 4.78 is 0. The molecule has 0 radical (unpaired) electrons. The Morgan fingerprint density at radius 2 is 1.71 bits per heavy atom. The first-order valence-corrected chi connectivity index (χ1v) is 6.88. The van der Waals surface area contributed by atoms with Crippen LogP contribution in [0.4, 0.5) is 10.5 Å². The van der Waals surface area contributed by atoms with Gasteiger partial charge in [-0.1, -0.05) is 0 Å². The molecule has 0 aromatic heterocycles. The number of hydrogen-bond acceptors (Lipinski definition) is 3. The number of nitrogens with zero attached hydrogens (tertiary/aromatic N) is 2. The summed E-state index contributed by atoms with van der Waals surface area (Å²) in [5.41, 5.74) is -0.0576. The number of likely N-dealkylation sites (tertiary alicyclic amines) is 1. The van der Waals surface area contributed by atoms with Gasteiger partial charge in [-0.25, -0.2) is 4.79 Å². The van der Waals surface area contributed by atoms with E-state index in [2.05, 4.69) is 0 Å². The van der Waals surface area contributed by atoms with Crippen molar-refractivity contribution < 1.29 is 19.8 Å². The number of urea groups is 1. The van der Waals surface area contributed by atoms with Crippen LogP contribution in [-0.2, 0) is 4.79 Å². The SMILES string of the molecule is CN(C(=O)N1CCC(C)(C(=O)O)CC1)c1ccc(O)cc1. The molecule has 1 aromatic carbocycles. The van der Waals surface area contributed by atoms with Gasteiger partial charge in [0.1, 0.15) is 5.75 Å². The highest BCUT2D eigenvalue weighted by molar-refractivity contribution is 5.91. The predicted octanol–water partition coefficient (Wildman–Crippen LogP) is 2.14. The van der Waals surface area contributed by atoms with Gasteiger partial charge in [-0.3, -0.25) is 9.69 Å². The fourth-order valence-corrected chi connectivity index (χ4v) is 2.40. The van der Waals surface area contributed by atoms with Crippen molar-refractivity contribution >= 4 is 17.7 Å². The molecule has 2 N–H and O–H groups in total. The largest absolute Gasteiger partial charge is 0.508 e. The topological polar surface area (TPSA) is 81.1 Å². The molecule has 6 nitrogen and oxygen atoms in total. The number of aromatic hydroxyl groups is 1. The third kappa shape index (κ3) is 3.09. The molecule has 0 bridgehead atoms. The molecular weight excluding hydrogens is 272 g/mol. The van der Waals surface area contributed by atoms with Crippen LogP contribution in [0.2, 0.25) is 0 Å². The molecule has 2 rings (SSSR count). The standard InChI is InChI=1S/C15H20N2O4/c1-15(13(19)20)7-9-17(10-8-15)14(21)16(2)11-3-5-12(18)6-4-11/h3-6,18H,7-10H2,1-2H3,(H,19,20). The summed E-state index contributed by atoms with van der Waals surface area (Å²) in [5.74, 6) is -0.656. The minimum absolute atomic E-state index is 0.148. The quantitative estimate of drug-likeness (QED) is 0.875. The third-order valence-corrected chi connectivity index (χ3v) is 4.18. The third-order valence-electron chi connectivity index (χ3n) is 4.18. The van der Waals surface area contributed by atoms with E-state index in [4.69, 9.17) is 0 Å². The molecule has 1 fully saturated rings. The highest BCUT2D eigenvalue weighted by atomic mass is 16.4. The van der Waals surface area contributed by atoms with E-state index in [1.54, 1.807) is 31.0 Å². The molecule has 0 spiro atoms. The number of carboxylic acids is 1. The zero-order valence-corrected chi connectivity index (χ0v) is 12.2. The van der Waals surface area contributed by atoms with Gasteiger partial charge < -0.3 is 15.1 Å². The maximum Gasteiger partial charge on any atom is 0.324 e. The molecule has 1 heterocycles. The second-order valence-corrected chi connectivity index (χ2v) is 5.71. The Balaban J connectivity index is 2.01. The molecule has 0 aliphatic carbocycles. The van der Waals surface area contributed by atoms with E-state index < -0.39 is 11.4 Å². The van der Waals surface area contributed by atoms with Crippen LogP contribution in [-0.4, -0.2) is 47.3 Å². The number of carbonyl (C=O) groups excluding carboxylic acids is 1. The van der Waals surface area contributed by atoms with E-state index in [-0.39, 0.29) is 11.8 Å². The average molecular weight is 292 g/mol. The first-order chi connectivity index (χ1) is 9.83. The van der Waals surface area contributed by atoms with Crippen molar-refractivity contribution in [3.05, 3.63) is 24.3 Å². The van der Waals surface area contributed by atoms with Crippen LogP contribution in [0.5, 0.6) is 5.75 Å². The highest BCUT2D eigenvalue weighted by Gasteiger charge is 2.38. The van der Waals surface area contributed by atoms with Gasteiger partial charge in [-0.15, -0.1) is 0 Å². The first kappa shape index (κ1) is 15.2. The van der Waals surface area contributed by atoms with Crippen LogP contribution < -0.4 is 4.90 Å². The summed E-state index contributed by atoms with van der Waals surface area (Å²) in [5, 5.41) is 18.5. The number of carbonyl (C=O) groups is 2. The molecule has 0 atom stereocenters. The fraction of sp³-hybridized carbons (Fsp3) is 0.467. The number of piperidine rings is 1. The number of rotatable bonds is 2. The minimum Gasteiger partial charge on any atom is -0.508 e. The van der Waals surface area contributed by atoms with Gasteiger partial charge in [0.05, 0.1) is 5.41 Å². The van der Waals surface area contributed by atoms with E-state index >= 15 is 0 Å². The zero-order valence-electron chi connectivity index (χ0n) is 12.2. The summed E-state index contributed by atoms with van der Waals surface area (Å²) >= 11 is 0. The van der Waals surface area contributed by atoms with Gasteiger partial charge >= 0.3 is 12.0 Å². The minimum atomic E-state index is -0.804. The summed E-state index contributed by atoms with van der Waals surface area (Å²) in [6.07, 6.45) is 0.912. The molecule has 1 aromatic rings. The predicted molar refractivity (Wildman–Crippen MR) is 78.5 cm³/mol. The molecule has 1 aliphatic rings. The van der Waals surface area contributed by atoms with Gasteiger partial charge in [0.2, 0.25) is 0 Å². The molecule has 6 heteroatoms. The Hall–Kier alpha value is -2.24. The van der Waals surface area contributed by atoms with Gasteiger partial charge in [0.25, 0.3) is 0 Å². The highest BCUT2D eigenvalue weighted by Crippen LogP contribution is 2.31. The lowest BCUT2D eigenvalue weighted by Gasteiger charge is -2.38. The van der Waals surface area contributed by atoms with Crippen LogP contribution in [0.15, 0.2) is 24.3 Å². The summed E-state index contributed by atoms with van der Waals surface area (Å²) in [6, 6.07) is 6.22.